The van der Waals surface area contributed by atoms with Gasteiger partial charge in [0.1, 0.15) is 12.4 Å². The van der Waals surface area contributed by atoms with Crippen molar-refractivity contribution in [2.24, 2.45) is 0 Å². The van der Waals surface area contributed by atoms with Gasteiger partial charge in [0.15, 0.2) is 0 Å². The maximum absolute atomic E-state index is 5.62. The van der Waals surface area contributed by atoms with Gasteiger partial charge in [-0.2, -0.15) is 0 Å². The quantitative estimate of drug-likeness (QED) is 0.555. The molecule has 0 aromatic heterocycles. The predicted molar refractivity (Wildman–Crippen MR) is 94.8 cm³/mol. The van der Waals surface area contributed by atoms with Crippen LogP contribution in [0.1, 0.15) is 37.0 Å². The van der Waals surface area contributed by atoms with E-state index in [0.29, 0.717) is 13.2 Å². The fourth-order valence-corrected chi connectivity index (χ4v) is 2.07. The molecule has 2 heteroatoms. The van der Waals surface area contributed by atoms with E-state index < -0.39 is 0 Å². The molecule has 0 unspecified atom stereocenters. The van der Waals surface area contributed by atoms with Crippen molar-refractivity contribution < 1.29 is 9.47 Å². The molecule has 0 aliphatic carbocycles. The molecular formula is C21H24O2. The number of hydrogen-bond donors (Lipinski definition) is 0. The lowest BCUT2D eigenvalue weighted by atomic mass is 10.1. The Hall–Kier alpha value is -2.24. The Morgan fingerprint density at radius 2 is 1.35 bits per heavy atom. The first-order valence-corrected chi connectivity index (χ1v) is 8.23. The lowest BCUT2D eigenvalue weighted by Crippen LogP contribution is -2.06. The van der Waals surface area contributed by atoms with E-state index in [2.05, 4.69) is 50.0 Å². The Morgan fingerprint density at radius 1 is 0.739 bits per heavy atom. The van der Waals surface area contributed by atoms with Crippen LogP contribution in [0.3, 0.4) is 0 Å². The van der Waals surface area contributed by atoms with E-state index in [1.807, 2.05) is 24.3 Å². The monoisotopic (exact) mass is 308 g/mol. The largest absolute Gasteiger partial charge is 0.491 e. The lowest BCUT2D eigenvalue weighted by molar-refractivity contribution is 0.101. The first-order chi connectivity index (χ1) is 11.3. The van der Waals surface area contributed by atoms with Crippen molar-refractivity contribution in [2.45, 2.75) is 26.7 Å². The molecule has 120 valence electrons. The van der Waals surface area contributed by atoms with Crippen molar-refractivity contribution >= 4 is 0 Å². The molecule has 2 rings (SSSR count). The molecule has 0 N–H and O–H groups in total. The van der Waals surface area contributed by atoms with Crippen LogP contribution in [-0.4, -0.2) is 19.8 Å². The topological polar surface area (TPSA) is 18.5 Å². The van der Waals surface area contributed by atoms with E-state index >= 15 is 0 Å². The average Bonchev–Trinajstić information content (AvgIpc) is 2.61. The molecule has 0 atom stereocenters. The number of rotatable bonds is 7. The Morgan fingerprint density at radius 3 is 1.91 bits per heavy atom. The van der Waals surface area contributed by atoms with Crippen molar-refractivity contribution in [1.82, 2.24) is 0 Å². The summed E-state index contributed by atoms with van der Waals surface area (Å²) in [5.74, 6) is 7.22. The normalized spacial score (nSPS) is 10.0. The molecule has 0 saturated carbocycles. The van der Waals surface area contributed by atoms with Crippen molar-refractivity contribution in [1.29, 1.82) is 0 Å². The Balaban J connectivity index is 1.86. The highest BCUT2D eigenvalue weighted by molar-refractivity contribution is 5.44. The number of hydrogen-bond acceptors (Lipinski definition) is 2. The SMILES string of the molecule is CCCOCCOc1ccc(C#Cc2ccc(CC)cc2)cc1. The minimum atomic E-state index is 0.578. The second-order valence-corrected chi connectivity index (χ2v) is 5.29. The van der Waals surface area contributed by atoms with Gasteiger partial charge in [-0.05, 0) is 54.8 Å². The molecule has 0 radical (unpaired) electrons. The lowest BCUT2D eigenvalue weighted by Gasteiger charge is -2.06. The van der Waals surface area contributed by atoms with E-state index in [0.717, 1.165) is 36.3 Å². The van der Waals surface area contributed by atoms with Gasteiger partial charge in [-0.1, -0.05) is 37.8 Å². The van der Waals surface area contributed by atoms with Gasteiger partial charge in [-0.25, -0.2) is 0 Å². The van der Waals surface area contributed by atoms with E-state index in [9.17, 15) is 0 Å². The van der Waals surface area contributed by atoms with E-state index in [1.165, 1.54) is 5.56 Å². The standard InChI is InChI=1S/C21H24O2/c1-3-15-22-16-17-23-21-13-11-20(12-14-21)10-9-19-7-5-18(4-2)6-8-19/h5-8,11-14H,3-4,15-17H2,1-2H3. The molecule has 2 nitrogen and oxygen atoms in total. The molecule has 2 aromatic carbocycles. The van der Waals surface area contributed by atoms with E-state index in [-0.39, 0.29) is 0 Å². The van der Waals surface area contributed by atoms with Gasteiger partial charge in [0.05, 0.1) is 6.61 Å². The second kappa shape index (κ2) is 9.71. The van der Waals surface area contributed by atoms with Crippen LogP contribution in [0.4, 0.5) is 0 Å². The van der Waals surface area contributed by atoms with Crippen molar-refractivity contribution in [3.63, 3.8) is 0 Å². The highest BCUT2D eigenvalue weighted by Crippen LogP contribution is 2.12. The highest BCUT2D eigenvalue weighted by Gasteiger charge is 1.94. The zero-order chi connectivity index (χ0) is 16.3. The third-order valence-electron chi connectivity index (χ3n) is 3.41. The number of benzene rings is 2. The summed E-state index contributed by atoms with van der Waals surface area (Å²) in [6.45, 7) is 6.24. The summed E-state index contributed by atoms with van der Waals surface area (Å²) in [7, 11) is 0. The van der Waals surface area contributed by atoms with E-state index in [4.69, 9.17) is 9.47 Å². The summed E-state index contributed by atoms with van der Waals surface area (Å²) in [5, 5.41) is 0. The zero-order valence-corrected chi connectivity index (χ0v) is 14.0. The van der Waals surface area contributed by atoms with Gasteiger partial charge >= 0.3 is 0 Å². The first-order valence-electron chi connectivity index (χ1n) is 8.23. The summed E-state index contributed by atoms with van der Waals surface area (Å²) in [4.78, 5) is 0. The molecule has 0 spiro atoms. The molecule has 0 bridgehead atoms. The maximum atomic E-state index is 5.62. The van der Waals surface area contributed by atoms with Crippen molar-refractivity contribution in [3.8, 4) is 17.6 Å². The van der Waals surface area contributed by atoms with Crippen molar-refractivity contribution in [2.75, 3.05) is 19.8 Å². The van der Waals surface area contributed by atoms with Crippen molar-refractivity contribution in [3.05, 3.63) is 65.2 Å². The number of ether oxygens (including phenoxy) is 2. The molecule has 23 heavy (non-hydrogen) atoms. The Labute approximate surface area is 139 Å². The van der Waals surface area contributed by atoms with Gasteiger partial charge in [0, 0.05) is 17.7 Å². The summed E-state index contributed by atoms with van der Waals surface area (Å²) in [6, 6.07) is 16.3. The fourth-order valence-electron chi connectivity index (χ4n) is 2.07. The Bertz CT molecular complexity index is 630. The molecule has 0 heterocycles. The maximum Gasteiger partial charge on any atom is 0.119 e. The first kappa shape index (κ1) is 17.1. The van der Waals surface area contributed by atoms with Crippen LogP contribution in [0.2, 0.25) is 0 Å². The molecular weight excluding hydrogens is 284 g/mol. The highest BCUT2D eigenvalue weighted by atomic mass is 16.5. The average molecular weight is 308 g/mol. The minimum absolute atomic E-state index is 0.578. The molecule has 0 aliphatic rings. The molecule has 0 amide bonds. The molecule has 0 aliphatic heterocycles. The minimum Gasteiger partial charge on any atom is -0.491 e. The van der Waals surface area contributed by atoms with Gasteiger partial charge in [-0.3, -0.25) is 0 Å². The van der Waals surface area contributed by atoms with Gasteiger partial charge in [-0.15, -0.1) is 0 Å². The third-order valence-corrected chi connectivity index (χ3v) is 3.41. The van der Waals surface area contributed by atoms with Crippen LogP contribution in [0.25, 0.3) is 0 Å². The summed E-state index contributed by atoms with van der Waals surface area (Å²) in [6.07, 6.45) is 2.09. The smallest absolute Gasteiger partial charge is 0.119 e. The molecule has 0 saturated heterocycles. The molecule has 0 fully saturated rings. The summed E-state index contributed by atoms with van der Waals surface area (Å²) >= 11 is 0. The second-order valence-electron chi connectivity index (χ2n) is 5.29. The third kappa shape index (κ3) is 6.18. The van der Waals surface area contributed by atoms with Crippen LogP contribution in [-0.2, 0) is 11.2 Å². The van der Waals surface area contributed by atoms with Crippen LogP contribution < -0.4 is 4.74 Å². The van der Waals surface area contributed by atoms with Gasteiger partial charge in [0.25, 0.3) is 0 Å². The fraction of sp³-hybridized carbons (Fsp3) is 0.333. The van der Waals surface area contributed by atoms with Crippen LogP contribution >= 0.6 is 0 Å². The summed E-state index contributed by atoms with van der Waals surface area (Å²) < 4.78 is 11.0. The van der Waals surface area contributed by atoms with Gasteiger partial charge in [0.2, 0.25) is 0 Å². The number of aryl methyl sites for hydroxylation is 1. The van der Waals surface area contributed by atoms with Crippen LogP contribution in [0.5, 0.6) is 5.75 Å². The predicted octanol–water partition coefficient (Wildman–Crippen LogP) is 4.45. The summed E-state index contributed by atoms with van der Waals surface area (Å²) in [5.41, 5.74) is 3.36. The van der Waals surface area contributed by atoms with Gasteiger partial charge < -0.3 is 9.47 Å². The zero-order valence-electron chi connectivity index (χ0n) is 14.0. The molecule has 2 aromatic rings. The van der Waals surface area contributed by atoms with E-state index in [1.54, 1.807) is 0 Å². The van der Waals surface area contributed by atoms with Crippen LogP contribution in [0.15, 0.2) is 48.5 Å². The Kier molecular flexibility index (Phi) is 7.23. The van der Waals surface area contributed by atoms with Crippen LogP contribution in [0, 0.1) is 11.8 Å².